The van der Waals surface area contributed by atoms with Crippen molar-refractivity contribution in [1.82, 2.24) is 0 Å². The Kier molecular flexibility index (Phi) is 10.4. The van der Waals surface area contributed by atoms with Crippen molar-refractivity contribution in [3.05, 3.63) is 33.4 Å². The Morgan fingerprint density at radius 1 is 0.550 bits per heavy atom. The van der Waals surface area contributed by atoms with Crippen LogP contribution in [0.1, 0.15) is 26.3 Å². The van der Waals surface area contributed by atoms with Crippen LogP contribution in [-0.4, -0.2) is 59.9 Å². The fourth-order valence-corrected chi connectivity index (χ4v) is 3.07. The van der Waals surface area contributed by atoms with Gasteiger partial charge in [0.05, 0.1) is 0 Å². The number of halogens is 18. The number of rotatable bonds is 7. The standard InChI is InChI=1S/C10H13I.C8HF17O3S/c1-10(2,3)8-4-6-9(11)7-5-8;9-1(10,3(13,14)5(17,18)7(21,22)23)2(11,12)4(15,16)6(19,20)8(24,25)29(26,27)28/h4-7H,1-3H3;(H,26,27,28). The van der Waals surface area contributed by atoms with E-state index in [9.17, 15) is 83.1 Å². The molecular weight excluding hydrogens is 746 g/mol. The zero-order valence-corrected chi connectivity index (χ0v) is 22.3. The monoisotopic (exact) mass is 760 g/mol. The summed E-state index contributed by atoms with van der Waals surface area (Å²) < 4.78 is 244. The summed E-state index contributed by atoms with van der Waals surface area (Å²) in [5.41, 5.74) is 1.68. The van der Waals surface area contributed by atoms with Crippen molar-refractivity contribution < 1.29 is 87.6 Å². The van der Waals surface area contributed by atoms with Gasteiger partial charge in [-0.3, -0.25) is 4.55 Å². The summed E-state index contributed by atoms with van der Waals surface area (Å²) >= 11 is 2.32. The van der Waals surface area contributed by atoms with E-state index < -0.39 is 57.1 Å². The topological polar surface area (TPSA) is 54.4 Å². The van der Waals surface area contributed by atoms with Gasteiger partial charge in [0.1, 0.15) is 0 Å². The summed E-state index contributed by atoms with van der Waals surface area (Å²) in [6, 6.07) is 8.70. The fraction of sp³-hybridized carbons (Fsp3) is 0.667. The number of benzene rings is 1. The predicted octanol–water partition coefficient (Wildman–Crippen LogP) is 8.43. The first-order valence-electron chi connectivity index (χ1n) is 9.44. The molecule has 0 atom stereocenters. The third-order valence-corrected chi connectivity index (χ3v) is 6.35. The van der Waals surface area contributed by atoms with Gasteiger partial charge in [0.15, 0.2) is 0 Å². The molecule has 236 valence electrons. The molecule has 0 radical (unpaired) electrons. The molecule has 1 N–H and O–H groups in total. The minimum atomic E-state index is -8.89. The third-order valence-electron chi connectivity index (χ3n) is 4.73. The van der Waals surface area contributed by atoms with Gasteiger partial charge in [0.2, 0.25) is 0 Å². The summed E-state index contributed by atoms with van der Waals surface area (Å²) in [5.74, 6) is -52.0. The minimum Gasteiger partial charge on any atom is -0.281 e. The lowest BCUT2D eigenvalue weighted by molar-refractivity contribution is -0.458. The molecule has 0 heterocycles. The van der Waals surface area contributed by atoms with Crippen molar-refractivity contribution in [2.75, 3.05) is 0 Å². The van der Waals surface area contributed by atoms with E-state index in [1.165, 1.54) is 9.13 Å². The van der Waals surface area contributed by atoms with Crippen LogP contribution in [0.4, 0.5) is 74.6 Å². The quantitative estimate of drug-likeness (QED) is 0.173. The highest BCUT2D eigenvalue weighted by Crippen LogP contribution is 2.64. The van der Waals surface area contributed by atoms with E-state index in [2.05, 4.69) is 67.6 Å². The Hall–Kier alpha value is -1.33. The van der Waals surface area contributed by atoms with Gasteiger partial charge >= 0.3 is 57.1 Å². The van der Waals surface area contributed by atoms with Crippen LogP contribution in [0.25, 0.3) is 0 Å². The van der Waals surface area contributed by atoms with E-state index in [1.807, 2.05) is 0 Å². The van der Waals surface area contributed by atoms with Crippen molar-refractivity contribution in [3.8, 4) is 0 Å². The maximum absolute atomic E-state index is 13.0. The smallest absolute Gasteiger partial charge is 0.281 e. The van der Waals surface area contributed by atoms with Crippen LogP contribution < -0.4 is 0 Å². The van der Waals surface area contributed by atoms with Crippen molar-refractivity contribution in [2.24, 2.45) is 0 Å². The molecule has 3 nitrogen and oxygen atoms in total. The van der Waals surface area contributed by atoms with Gasteiger partial charge in [0.25, 0.3) is 0 Å². The van der Waals surface area contributed by atoms with Crippen LogP contribution in [0.5, 0.6) is 0 Å². The largest absolute Gasteiger partial charge is 0.460 e. The molecule has 0 aliphatic heterocycles. The van der Waals surface area contributed by atoms with E-state index in [0.717, 1.165) is 0 Å². The Morgan fingerprint density at radius 2 is 0.825 bits per heavy atom. The van der Waals surface area contributed by atoms with Crippen LogP contribution in [0.3, 0.4) is 0 Å². The molecule has 0 fully saturated rings. The van der Waals surface area contributed by atoms with Crippen molar-refractivity contribution in [3.63, 3.8) is 0 Å². The Balaban J connectivity index is 0.00000114. The summed E-state index contributed by atoms with van der Waals surface area (Å²) in [7, 11) is -7.89. The highest BCUT2D eigenvalue weighted by atomic mass is 127. The van der Waals surface area contributed by atoms with Gasteiger partial charge in [-0.25, -0.2) is 0 Å². The van der Waals surface area contributed by atoms with E-state index >= 15 is 0 Å². The number of hydrogen-bond donors (Lipinski definition) is 1. The third kappa shape index (κ3) is 6.21. The van der Waals surface area contributed by atoms with Gasteiger partial charge in [-0.2, -0.15) is 83.1 Å². The molecule has 1 aromatic rings. The summed E-state index contributed by atoms with van der Waals surface area (Å²) in [4.78, 5) is 0. The molecule has 22 heteroatoms. The van der Waals surface area contributed by atoms with Crippen LogP contribution >= 0.6 is 22.6 Å². The Morgan fingerprint density at radius 3 is 1.07 bits per heavy atom. The number of alkyl halides is 17. The maximum atomic E-state index is 13.0. The summed E-state index contributed by atoms with van der Waals surface area (Å²) in [5, 5.41) is -7.84. The fourth-order valence-electron chi connectivity index (χ4n) is 2.26. The van der Waals surface area contributed by atoms with E-state index in [4.69, 9.17) is 4.55 Å². The number of hydrogen-bond acceptors (Lipinski definition) is 2. The summed E-state index contributed by atoms with van der Waals surface area (Å²) in [6.45, 7) is 6.69. The van der Waals surface area contributed by atoms with E-state index in [1.54, 1.807) is 0 Å². The average molecular weight is 760 g/mol. The second-order valence-electron chi connectivity index (χ2n) is 8.69. The molecular formula is C18H14F17IO3S. The molecule has 1 rings (SSSR count). The highest BCUT2D eigenvalue weighted by molar-refractivity contribution is 14.1. The molecule has 0 aliphatic carbocycles. The van der Waals surface area contributed by atoms with Crippen molar-refractivity contribution in [1.29, 1.82) is 0 Å². The average Bonchev–Trinajstić information content (AvgIpc) is 2.71. The molecule has 40 heavy (non-hydrogen) atoms. The normalized spacial score (nSPS) is 15.4. The second-order valence-corrected chi connectivity index (χ2v) is 11.4. The molecule has 0 saturated heterocycles. The van der Waals surface area contributed by atoms with Crippen molar-refractivity contribution >= 4 is 32.7 Å². The lowest BCUT2D eigenvalue weighted by Crippen LogP contribution is -2.74. The first-order chi connectivity index (χ1) is 17.0. The van der Waals surface area contributed by atoms with Crippen LogP contribution in [0.15, 0.2) is 24.3 Å². The van der Waals surface area contributed by atoms with E-state index in [0.29, 0.717) is 0 Å². The van der Waals surface area contributed by atoms with Gasteiger partial charge in [-0.15, -0.1) is 0 Å². The van der Waals surface area contributed by atoms with Gasteiger partial charge in [0, 0.05) is 3.57 Å². The predicted molar refractivity (Wildman–Crippen MR) is 110 cm³/mol. The molecule has 0 unspecified atom stereocenters. The SMILES string of the molecule is CC(C)(C)c1ccc(I)cc1.O=S(=O)(O)C(F)(F)C(F)(F)C(F)(F)C(F)(F)C(F)(F)C(F)(F)C(F)(F)C(F)(F)F. The van der Waals surface area contributed by atoms with Crippen LogP contribution in [0, 0.1) is 3.57 Å². The molecule has 1 aromatic carbocycles. The van der Waals surface area contributed by atoms with E-state index in [-0.39, 0.29) is 5.41 Å². The van der Waals surface area contributed by atoms with Gasteiger partial charge in [-0.1, -0.05) is 32.9 Å². The minimum absolute atomic E-state index is 0.282. The summed E-state index contributed by atoms with van der Waals surface area (Å²) in [6.07, 6.45) is -7.88. The van der Waals surface area contributed by atoms with Crippen LogP contribution in [0.2, 0.25) is 0 Å². The van der Waals surface area contributed by atoms with Crippen LogP contribution in [-0.2, 0) is 15.5 Å². The molecule has 0 aromatic heterocycles. The first-order valence-corrected chi connectivity index (χ1v) is 12.0. The maximum Gasteiger partial charge on any atom is 0.460 e. The Bertz CT molecular complexity index is 1140. The molecule has 0 spiro atoms. The molecule has 0 amide bonds. The van der Waals surface area contributed by atoms with Crippen molar-refractivity contribution in [2.45, 2.75) is 73.2 Å². The highest BCUT2D eigenvalue weighted by Gasteiger charge is 2.96. The Labute approximate surface area is 227 Å². The first kappa shape index (κ1) is 38.7. The molecule has 0 aliphatic rings. The lowest BCUT2D eigenvalue weighted by Gasteiger charge is -2.42. The van der Waals surface area contributed by atoms with Gasteiger partial charge < -0.3 is 0 Å². The molecule has 0 bridgehead atoms. The lowest BCUT2D eigenvalue weighted by atomic mass is 9.87. The second kappa shape index (κ2) is 10.7. The zero-order valence-electron chi connectivity index (χ0n) is 19.3. The van der Waals surface area contributed by atoms with Gasteiger partial charge in [-0.05, 0) is 45.7 Å². The molecule has 0 saturated carbocycles. The zero-order chi connectivity index (χ0) is 33.0.